The van der Waals surface area contributed by atoms with Crippen LogP contribution in [-0.2, 0) is 6.42 Å². The SMILES string of the molecule is CN=C(NCCc1c(C)noc1C)N(C)CCOc1ccccc1F. The van der Waals surface area contributed by atoms with Gasteiger partial charge in [-0.05, 0) is 32.4 Å². The summed E-state index contributed by atoms with van der Waals surface area (Å²) in [4.78, 5) is 6.20. The van der Waals surface area contributed by atoms with Crippen molar-refractivity contribution >= 4 is 5.96 Å². The molecule has 0 aliphatic rings. The van der Waals surface area contributed by atoms with Crippen LogP contribution in [0.3, 0.4) is 0 Å². The van der Waals surface area contributed by atoms with Crippen molar-refractivity contribution in [2.45, 2.75) is 20.3 Å². The van der Waals surface area contributed by atoms with E-state index < -0.39 is 0 Å². The maximum atomic E-state index is 13.5. The highest BCUT2D eigenvalue weighted by atomic mass is 19.1. The van der Waals surface area contributed by atoms with Gasteiger partial charge in [-0.25, -0.2) is 4.39 Å². The van der Waals surface area contributed by atoms with E-state index in [0.717, 1.165) is 29.4 Å². The van der Waals surface area contributed by atoms with Crippen LogP contribution in [0.4, 0.5) is 4.39 Å². The van der Waals surface area contributed by atoms with Crippen LogP contribution >= 0.6 is 0 Å². The number of benzene rings is 1. The van der Waals surface area contributed by atoms with Gasteiger partial charge in [0.25, 0.3) is 0 Å². The molecule has 0 amide bonds. The maximum absolute atomic E-state index is 13.5. The molecule has 0 aliphatic heterocycles. The van der Waals surface area contributed by atoms with Gasteiger partial charge in [0.1, 0.15) is 12.4 Å². The molecule has 0 radical (unpaired) electrons. The maximum Gasteiger partial charge on any atom is 0.193 e. The summed E-state index contributed by atoms with van der Waals surface area (Å²) in [5.41, 5.74) is 2.04. The fourth-order valence-electron chi connectivity index (χ4n) is 2.50. The molecule has 7 heteroatoms. The highest BCUT2D eigenvalue weighted by Crippen LogP contribution is 2.15. The standard InChI is InChI=1S/C18H25FN4O2/c1-13-15(14(2)25-22-13)9-10-21-18(20-3)23(4)11-12-24-17-8-6-5-7-16(17)19/h5-8H,9-12H2,1-4H3,(H,20,21). The van der Waals surface area contributed by atoms with E-state index in [9.17, 15) is 4.39 Å². The normalized spacial score (nSPS) is 11.5. The molecule has 136 valence electrons. The highest BCUT2D eigenvalue weighted by Gasteiger charge is 2.10. The fraction of sp³-hybridized carbons (Fsp3) is 0.444. The number of aromatic nitrogens is 1. The number of aryl methyl sites for hydroxylation is 2. The van der Waals surface area contributed by atoms with Gasteiger partial charge < -0.3 is 19.5 Å². The molecule has 1 N–H and O–H groups in total. The first kappa shape index (κ1) is 18.8. The monoisotopic (exact) mass is 348 g/mol. The molecular weight excluding hydrogens is 323 g/mol. The van der Waals surface area contributed by atoms with Gasteiger partial charge in [-0.2, -0.15) is 0 Å². The molecule has 0 atom stereocenters. The van der Waals surface area contributed by atoms with E-state index in [4.69, 9.17) is 9.26 Å². The Kier molecular flexibility index (Phi) is 6.80. The van der Waals surface area contributed by atoms with Crippen molar-refractivity contribution in [1.29, 1.82) is 0 Å². The first-order valence-corrected chi connectivity index (χ1v) is 8.23. The minimum Gasteiger partial charge on any atom is -0.489 e. The Bertz CT molecular complexity index is 695. The molecule has 1 aromatic heterocycles. The molecule has 0 spiro atoms. The molecule has 1 heterocycles. The van der Waals surface area contributed by atoms with Crippen molar-refractivity contribution < 1.29 is 13.7 Å². The number of guanidine groups is 1. The number of hydrogen-bond acceptors (Lipinski definition) is 4. The van der Waals surface area contributed by atoms with Crippen molar-refractivity contribution in [2.24, 2.45) is 4.99 Å². The number of halogens is 1. The lowest BCUT2D eigenvalue weighted by Crippen LogP contribution is -2.41. The molecule has 1 aromatic carbocycles. The lowest BCUT2D eigenvalue weighted by molar-refractivity contribution is 0.270. The number of aliphatic imine (C=N–C) groups is 1. The van der Waals surface area contributed by atoms with Gasteiger partial charge in [-0.1, -0.05) is 17.3 Å². The van der Waals surface area contributed by atoms with Gasteiger partial charge in [0, 0.05) is 26.2 Å². The van der Waals surface area contributed by atoms with Crippen LogP contribution in [-0.4, -0.2) is 49.8 Å². The number of nitrogens with one attached hydrogen (secondary N) is 1. The van der Waals surface area contributed by atoms with Crippen molar-refractivity contribution in [3.8, 4) is 5.75 Å². The van der Waals surface area contributed by atoms with Crippen molar-refractivity contribution in [1.82, 2.24) is 15.4 Å². The highest BCUT2D eigenvalue weighted by molar-refractivity contribution is 5.79. The van der Waals surface area contributed by atoms with Crippen LogP contribution in [0, 0.1) is 19.7 Å². The zero-order valence-electron chi connectivity index (χ0n) is 15.2. The summed E-state index contributed by atoms with van der Waals surface area (Å²) in [6, 6.07) is 6.39. The lowest BCUT2D eigenvalue weighted by Gasteiger charge is -2.22. The van der Waals surface area contributed by atoms with Gasteiger partial charge in [-0.3, -0.25) is 4.99 Å². The number of hydrogen-bond donors (Lipinski definition) is 1. The molecule has 0 aliphatic carbocycles. The Hall–Kier alpha value is -2.57. The van der Waals surface area contributed by atoms with Crippen LogP contribution in [0.5, 0.6) is 5.75 Å². The zero-order chi connectivity index (χ0) is 18.2. The molecule has 0 fully saturated rings. The van der Waals surface area contributed by atoms with Crippen molar-refractivity contribution in [3.05, 3.63) is 47.1 Å². The van der Waals surface area contributed by atoms with E-state index >= 15 is 0 Å². The minimum atomic E-state index is -0.355. The third-order valence-electron chi connectivity index (χ3n) is 3.93. The molecule has 6 nitrogen and oxygen atoms in total. The predicted molar refractivity (Wildman–Crippen MR) is 95.6 cm³/mol. The van der Waals surface area contributed by atoms with E-state index in [1.807, 2.05) is 25.8 Å². The van der Waals surface area contributed by atoms with Crippen molar-refractivity contribution in [3.63, 3.8) is 0 Å². The minimum absolute atomic E-state index is 0.261. The summed E-state index contributed by atoms with van der Waals surface area (Å²) in [7, 11) is 3.64. The van der Waals surface area contributed by atoms with Gasteiger partial charge >= 0.3 is 0 Å². The van der Waals surface area contributed by atoms with Crippen LogP contribution in [0.1, 0.15) is 17.0 Å². The van der Waals surface area contributed by atoms with Crippen LogP contribution in [0.2, 0.25) is 0 Å². The van der Waals surface area contributed by atoms with E-state index in [2.05, 4.69) is 15.5 Å². The molecule has 0 saturated carbocycles. The van der Waals surface area contributed by atoms with Gasteiger partial charge in [0.15, 0.2) is 17.5 Å². The number of nitrogens with zero attached hydrogens (tertiary/aromatic N) is 3. The Balaban J connectivity index is 1.77. The Morgan fingerprint density at radius 1 is 1.36 bits per heavy atom. The zero-order valence-corrected chi connectivity index (χ0v) is 15.2. The topological polar surface area (TPSA) is 62.9 Å². The summed E-state index contributed by atoms with van der Waals surface area (Å²) in [5, 5.41) is 7.25. The van der Waals surface area contributed by atoms with E-state index in [-0.39, 0.29) is 11.6 Å². The third kappa shape index (κ3) is 5.20. The summed E-state index contributed by atoms with van der Waals surface area (Å²) in [5.74, 6) is 1.51. The Morgan fingerprint density at radius 2 is 2.12 bits per heavy atom. The summed E-state index contributed by atoms with van der Waals surface area (Å²) >= 11 is 0. The summed E-state index contributed by atoms with van der Waals surface area (Å²) in [6.07, 6.45) is 0.805. The second-order valence-electron chi connectivity index (χ2n) is 5.73. The predicted octanol–water partition coefficient (Wildman–Crippen LogP) is 2.56. The third-order valence-corrected chi connectivity index (χ3v) is 3.93. The smallest absolute Gasteiger partial charge is 0.193 e. The van der Waals surface area contributed by atoms with E-state index in [1.165, 1.54) is 6.07 Å². The van der Waals surface area contributed by atoms with Crippen LogP contribution in [0.15, 0.2) is 33.8 Å². The van der Waals surface area contributed by atoms with E-state index in [0.29, 0.717) is 19.7 Å². The summed E-state index contributed by atoms with van der Waals surface area (Å²) in [6.45, 7) is 5.51. The quantitative estimate of drug-likeness (QED) is 0.615. The molecule has 0 saturated heterocycles. The molecule has 0 bridgehead atoms. The second-order valence-corrected chi connectivity index (χ2v) is 5.73. The van der Waals surface area contributed by atoms with Gasteiger partial charge in [0.2, 0.25) is 0 Å². The van der Waals surface area contributed by atoms with Crippen LogP contribution < -0.4 is 10.1 Å². The van der Waals surface area contributed by atoms with Crippen LogP contribution in [0.25, 0.3) is 0 Å². The number of likely N-dealkylation sites (N-methyl/N-ethyl adjacent to an activating group) is 1. The molecule has 0 unspecified atom stereocenters. The Morgan fingerprint density at radius 3 is 2.76 bits per heavy atom. The molecular formula is C18H25FN4O2. The van der Waals surface area contributed by atoms with E-state index in [1.54, 1.807) is 25.2 Å². The molecule has 25 heavy (non-hydrogen) atoms. The largest absolute Gasteiger partial charge is 0.489 e. The lowest BCUT2D eigenvalue weighted by atomic mass is 10.1. The molecule has 2 aromatic rings. The average molecular weight is 348 g/mol. The first-order chi connectivity index (χ1) is 12.0. The van der Waals surface area contributed by atoms with Gasteiger partial charge in [0.05, 0.1) is 12.2 Å². The number of rotatable bonds is 7. The first-order valence-electron chi connectivity index (χ1n) is 8.23. The second kappa shape index (κ2) is 9.05. The number of para-hydroxylation sites is 1. The molecule has 2 rings (SSSR count). The summed E-state index contributed by atoms with van der Waals surface area (Å²) < 4.78 is 24.2. The van der Waals surface area contributed by atoms with Gasteiger partial charge in [-0.15, -0.1) is 0 Å². The number of ether oxygens (including phenoxy) is 1. The average Bonchev–Trinajstić information content (AvgIpc) is 2.92. The Labute approximate surface area is 147 Å². The van der Waals surface area contributed by atoms with Crippen molar-refractivity contribution in [2.75, 3.05) is 33.8 Å². The fourth-order valence-corrected chi connectivity index (χ4v) is 2.50.